The molecule has 1 saturated heterocycles. The minimum absolute atomic E-state index is 0.0256. The van der Waals surface area contributed by atoms with Gasteiger partial charge in [-0.2, -0.15) is 0 Å². The second kappa shape index (κ2) is 7.43. The van der Waals surface area contributed by atoms with Crippen molar-refractivity contribution in [2.45, 2.75) is 45.3 Å². The molecule has 0 spiro atoms. The van der Waals surface area contributed by atoms with Gasteiger partial charge in [-0.3, -0.25) is 4.79 Å². The molecule has 1 aromatic carbocycles. The monoisotopic (exact) mass is 352 g/mol. The molecule has 1 heterocycles. The van der Waals surface area contributed by atoms with Gasteiger partial charge in [-0.25, -0.2) is 4.79 Å². The maximum absolute atomic E-state index is 12.5. The first-order valence-corrected chi connectivity index (χ1v) is 8.56. The average Bonchev–Trinajstić information content (AvgIpc) is 2.53. The second-order valence-electron chi connectivity index (χ2n) is 7.12. The Kier molecular flexibility index (Phi) is 5.75. The molecule has 0 aromatic heterocycles. The van der Waals surface area contributed by atoms with Crippen LogP contribution in [0.5, 0.6) is 0 Å². The molecule has 1 aliphatic rings. The van der Waals surface area contributed by atoms with Crippen LogP contribution in [-0.2, 0) is 4.74 Å². The highest BCUT2D eigenvalue weighted by Crippen LogP contribution is 2.20. The van der Waals surface area contributed by atoms with Crippen LogP contribution in [0.3, 0.4) is 0 Å². The zero-order valence-corrected chi connectivity index (χ0v) is 15.5. The smallest absolute Gasteiger partial charge is 0.410 e. The third-order valence-corrected chi connectivity index (χ3v) is 4.33. The van der Waals surface area contributed by atoms with Gasteiger partial charge in [0.25, 0.3) is 5.91 Å². The number of ether oxygens (including phenoxy) is 1. The highest BCUT2D eigenvalue weighted by Gasteiger charge is 2.30. The van der Waals surface area contributed by atoms with E-state index in [2.05, 4.69) is 0 Å². The van der Waals surface area contributed by atoms with Crippen molar-refractivity contribution in [1.82, 2.24) is 9.80 Å². The van der Waals surface area contributed by atoms with Crippen molar-refractivity contribution in [2.24, 2.45) is 0 Å². The third kappa shape index (κ3) is 4.87. The molecular formula is C18H25ClN2O3. The molecule has 2 amide bonds. The zero-order valence-electron chi connectivity index (χ0n) is 14.7. The summed E-state index contributed by atoms with van der Waals surface area (Å²) in [5.41, 5.74) is 0.131. The Labute approximate surface area is 148 Å². The van der Waals surface area contributed by atoms with Gasteiger partial charge < -0.3 is 14.5 Å². The molecule has 0 radical (unpaired) electrons. The summed E-state index contributed by atoms with van der Waals surface area (Å²) in [6.45, 7) is 6.76. The summed E-state index contributed by atoms with van der Waals surface area (Å²) in [5, 5.41) is 0.611. The summed E-state index contributed by atoms with van der Waals surface area (Å²) in [6.07, 6.45) is 1.21. The van der Waals surface area contributed by atoms with E-state index >= 15 is 0 Å². The van der Waals surface area contributed by atoms with Gasteiger partial charge >= 0.3 is 6.09 Å². The van der Waals surface area contributed by atoms with E-state index in [0.717, 1.165) is 12.8 Å². The predicted octanol–water partition coefficient (Wildman–Crippen LogP) is 3.81. The highest BCUT2D eigenvalue weighted by atomic mass is 35.5. The molecule has 1 aromatic rings. The number of amides is 2. The maximum Gasteiger partial charge on any atom is 0.410 e. The van der Waals surface area contributed by atoms with Crippen molar-refractivity contribution in [3.63, 3.8) is 0 Å². The first-order chi connectivity index (χ1) is 11.2. The molecule has 132 valence electrons. The van der Waals surface area contributed by atoms with Crippen molar-refractivity contribution in [1.29, 1.82) is 0 Å². The second-order valence-corrected chi connectivity index (χ2v) is 7.56. The SMILES string of the molecule is CN(C(=O)c1ccc(Cl)cc1)C1CCN(C(=O)OC(C)(C)C)CC1. The van der Waals surface area contributed by atoms with E-state index in [0.29, 0.717) is 23.7 Å². The summed E-state index contributed by atoms with van der Waals surface area (Å²) >= 11 is 5.86. The van der Waals surface area contributed by atoms with Gasteiger partial charge in [-0.05, 0) is 57.9 Å². The number of carbonyl (C=O) groups excluding carboxylic acids is 2. The molecule has 6 heteroatoms. The molecule has 24 heavy (non-hydrogen) atoms. The standard InChI is InChI=1S/C18H25ClN2O3/c1-18(2,3)24-17(23)21-11-9-15(10-12-21)20(4)16(22)13-5-7-14(19)8-6-13/h5-8,15H,9-12H2,1-4H3. The number of benzene rings is 1. The molecule has 0 bridgehead atoms. The fraction of sp³-hybridized carbons (Fsp3) is 0.556. The van der Waals surface area contributed by atoms with Gasteiger partial charge in [-0.1, -0.05) is 11.6 Å². The Morgan fingerprint density at radius 3 is 2.21 bits per heavy atom. The molecule has 5 nitrogen and oxygen atoms in total. The Hall–Kier alpha value is -1.75. The third-order valence-electron chi connectivity index (χ3n) is 4.08. The van der Waals surface area contributed by atoms with E-state index in [-0.39, 0.29) is 18.0 Å². The van der Waals surface area contributed by atoms with E-state index in [4.69, 9.17) is 16.3 Å². The quantitative estimate of drug-likeness (QED) is 0.813. The lowest BCUT2D eigenvalue weighted by molar-refractivity contribution is 0.0160. The van der Waals surface area contributed by atoms with Gasteiger partial charge in [0, 0.05) is 36.8 Å². The number of carbonyl (C=O) groups is 2. The Morgan fingerprint density at radius 1 is 1.17 bits per heavy atom. The maximum atomic E-state index is 12.5. The van der Waals surface area contributed by atoms with Gasteiger partial charge in [0.2, 0.25) is 0 Å². The van der Waals surface area contributed by atoms with Crippen LogP contribution < -0.4 is 0 Å². The van der Waals surface area contributed by atoms with Crippen LogP contribution in [0.25, 0.3) is 0 Å². The Bertz CT molecular complexity index is 587. The summed E-state index contributed by atoms with van der Waals surface area (Å²) in [6, 6.07) is 7.02. The van der Waals surface area contributed by atoms with Crippen molar-refractivity contribution in [2.75, 3.05) is 20.1 Å². The van der Waals surface area contributed by atoms with E-state index in [1.807, 2.05) is 27.8 Å². The Balaban J connectivity index is 1.90. The molecule has 0 N–H and O–H groups in total. The molecule has 0 aliphatic carbocycles. The Morgan fingerprint density at radius 2 is 1.71 bits per heavy atom. The molecule has 0 saturated carbocycles. The van der Waals surface area contributed by atoms with Gasteiger partial charge in [0.15, 0.2) is 0 Å². The van der Waals surface area contributed by atoms with Crippen LogP contribution in [0.1, 0.15) is 44.0 Å². The average molecular weight is 353 g/mol. The van der Waals surface area contributed by atoms with Gasteiger partial charge in [0.1, 0.15) is 5.60 Å². The van der Waals surface area contributed by atoms with Crippen molar-refractivity contribution in [3.05, 3.63) is 34.9 Å². The highest BCUT2D eigenvalue weighted by molar-refractivity contribution is 6.30. The van der Waals surface area contributed by atoms with Crippen LogP contribution in [0, 0.1) is 0 Å². The van der Waals surface area contributed by atoms with Crippen molar-refractivity contribution >= 4 is 23.6 Å². The lowest BCUT2D eigenvalue weighted by Crippen LogP contribution is -2.48. The van der Waals surface area contributed by atoms with E-state index in [1.54, 1.807) is 34.1 Å². The summed E-state index contributed by atoms with van der Waals surface area (Å²) in [7, 11) is 1.81. The summed E-state index contributed by atoms with van der Waals surface area (Å²) in [5.74, 6) is -0.0256. The minimum Gasteiger partial charge on any atom is -0.444 e. The molecule has 2 rings (SSSR count). The number of hydrogen-bond acceptors (Lipinski definition) is 3. The first kappa shape index (κ1) is 18.6. The number of likely N-dealkylation sites (tertiary alicyclic amines) is 1. The largest absolute Gasteiger partial charge is 0.444 e. The zero-order chi connectivity index (χ0) is 17.9. The molecular weight excluding hydrogens is 328 g/mol. The fourth-order valence-electron chi connectivity index (χ4n) is 2.72. The molecule has 0 atom stereocenters. The van der Waals surface area contributed by atoms with Gasteiger partial charge in [0.05, 0.1) is 0 Å². The van der Waals surface area contributed by atoms with Crippen LogP contribution in [0.4, 0.5) is 4.79 Å². The van der Waals surface area contributed by atoms with E-state index < -0.39 is 5.60 Å². The van der Waals surface area contributed by atoms with Crippen LogP contribution in [0.15, 0.2) is 24.3 Å². The van der Waals surface area contributed by atoms with E-state index in [9.17, 15) is 9.59 Å². The predicted molar refractivity (Wildman–Crippen MR) is 94.4 cm³/mol. The van der Waals surface area contributed by atoms with Gasteiger partial charge in [-0.15, -0.1) is 0 Å². The van der Waals surface area contributed by atoms with Crippen molar-refractivity contribution in [3.8, 4) is 0 Å². The van der Waals surface area contributed by atoms with Crippen LogP contribution in [0.2, 0.25) is 5.02 Å². The lowest BCUT2D eigenvalue weighted by atomic mass is 10.0. The minimum atomic E-state index is -0.491. The van der Waals surface area contributed by atoms with Crippen LogP contribution >= 0.6 is 11.6 Å². The number of hydrogen-bond donors (Lipinski definition) is 0. The number of halogens is 1. The molecule has 0 unspecified atom stereocenters. The van der Waals surface area contributed by atoms with Crippen molar-refractivity contribution < 1.29 is 14.3 Å². The topological polar surface area (TPSA) is 49.9 Å². The number of nitrogens with zero attached hydrogens (tertiary/aromatic N) is 2. The number of rotatable bonds is 2. The fourth-order valence-corrected chi connectivity index (χ4v) is 2.85. The summed E-state index contributed by atoms with van der Waals surface area (Å²) < 4.78 is 5.39. The summed E-state index contributed by atoms with van der Waals surface area (Å²) in [4.78, 5) is 28.1. The lowest BCUT2D eigenvalue weighted by Gasteiger charge is -2.37. The number of piperidine rings is 1. The molecule has 1 aliphatic heterocycles. The first-order valence-electron chi connectivity index (χ1n) is 8.18. The normalized spacial score (nSPS) is 16.0. The van der Waals surface area contributed by atoms with Crippen LogP contribution in [-0.4, -0.2) is 53.6 Å². The molecule has 1 fully saturated rings. The van der Waals surface area contributed by atoms with E-state index in [1.165, 1.54) is 0 Å².